The van der Waals surface area contributed by atoms with Crippen LogP contribution < -0.4 is 9.91 Å². The Labute approximate surface area is 155 Å². The van der Waals surface area contributed by atoms with E-state index in [0.717, 1.165) is 29.2 Å². The number of anilines is 3. The second-order valence-corrected chi connectivity index (χ2v) is 5.99. The Morgan fingerprint density at radius 2 is 1.31 bits per heavy atom. The molecule has 0 radical (unpaired) electrons. The van der Waals surface area contributed by atoms with Crippen LogP contribution in [0.5, 0.6) is 0 Å². The summed E-state index contributed by atoms with van der Waals surface area (Å²) in [4.78, 5) is 2.15. The van der Waals surface area contributed by atoms with Gasteiger partial charge in [-0.05, 0) is 42.0 Å². The Balaban J connectivity index is 1.84. The van der Waals surface area contributed by atoms with E-state index in [9.17, 15) is 0 Å². The summed E-state index contributed by atoms with van der Waals surface area (Å²) in [6.07, 6.45) is 3.78. The minimum absolute atomic E-state index is 0.823. The van der Waals surface area contributed by atoms with Crippen molar-refractivity contribution >= 4 is 23.3 Å². The summed E-state index contributed by atoms with van der Waals surface area (Å²) < 4.78 is 0. The third-order valence-corrected chi connectivity index (χ3v) is 4.06. The lowest BCUT2D eigenvalue weighted by Gasteiger charge is -2.19. The number of benzene rings is 3. The fraction of sp³-hybridized carbons (Fsp3) is 0.0870. The first kappa shape index (κ1) is 17.5. The molecule has 0 unspecified atom stereocenters. The third-order valence-electron chi connectivity index (χ3n) is 4.06. The number of rotatable bonds is 7. The van der Waals surface area contributed by atoms with E-state index >= 15 is 0 Å². The van der Waals surface area contributed by atoms with Crippen LogP contribution in [-0.2, 0) is 0 Å². The number of hydrazone groups is 1. The summed E-state index contributed by atoms with van der Waals surface area (Å²) in [7, 11) is 2.05. The normalized spacial score (nSPS) is 10.7. The van der Waals surface area contributed by atoms with Crippen LogP contribution in [0.2, 0.25) is 0 Å². The summed E-state index contributed by atoms with van der Waals surface area (Å²) in [5, 5.41) is 6.67. The molecule has 0 fully saturated rings. The SMILES string of the molecule is C=CCN(C)c1ccc(C=NN(c2ccccc2)c2ccccc2)cc1. The third kappa shape index (κ3) is 4.39. The highest BCUT2D eigenvalue weighted by Crippen LogP contribution is 2.25. The average molecular weight is 341 g/mol. The van der Waals surface area contributed by atoms with Crippen LogP contribution in [0.25, 0.3) is 0 Å². The molecule has 130 valence electrons. The molecule has 0 saturated heterocycles. The van der Waals surface area contributed by atoms with Crippen LogP contribution in [0.4, 0.5) is 17.1 Å². The molecule has 3 aromatic carbocycles. The predicted octanol–water partition coefficient (Wildman–Crippen LogP) is 5.48. The van der Waals surface area contributed by atoms with Gasteiger partial charge >= 0.3 is 0 Å². The van der Waals surface area contributed by atoms with E-state index in [1.807, 2.05) is 53.7 Å². The van der Waals surface area contributed by atoms with Crippen molar-refractivity contribution < 1.29 is 0 Å². The van der Waals surface area contributed by atoms with Crippen LogP contribution >= 0.6 is 0 Å². The van der Waals surface area contributed by atoms with Gasteiger partial charge in [-0.25, -0.2) is 5.01 Å². The molecular weight excluding hydrogens is 318 g/mol. The second-order valence-electron chi connectivity index (χ2n) is 5.99. The minimum Gasteiger partial charge on any atom is -0.371 e. The average Bonchev–Trinajstić information content (AvgIpc) is 2.70. The summed E-state index contributed by atoms with van der Waals surface area (Å²) in [5.41, 5.74) is 4.26. The van der Waals surface area contributed by atoms with Crippen molar-refractivity contribution in [3.63, 3.8) is 0 Å². The van der Waals surface area contributed by atoms with Crippen molar-refractivity contribution in [2.75, 3.05) is 23.5 Å². The maximum Gasteiger partial charge on any atom is 0.0652 e. The molecule has 0 aliphatic carbocycles. The number of nitrogens with zero attached hydrogens (tertiary/aromatic N) is 3. The van der Waals surface area contributed by atoms with Crippen molar-refractivity contribution in [2.24, 2.45) is 5.10 Å². The fourth-order valence-electron chi connectivity index (χ4n) is 2.66. The van der Waals surface area contributed by atoms with Gasteiger partial charge in [0.15, 0.2) is 0 Å². The van der Waals surface area contributed by atoms with E-state index in [4.69, 9.17) is 5.10 Å². The molecule has 3 nitrogen and oxygen atoms in total. The number of para-hydroxylation sites is 2. The van der Waals surface area contributed by atoms with E-state index in [2.05, 4.69) is 67.1 Å². The monoisotopic (exact) mass is 341 g/mol. The maximum absolute atomic E-state index is 4.72. The lowest BCUT2D eigenvalue weighted by Crippen LogP contribution is -2.16. The molecule has 0 aliphatic rings. The van der Waals surface area contributed by atoms with Crippen LogP contribution in [0, 0.1) is 0 Å². The van der Waals surface area contributed by atoms with Crippen molar-refractivity contribution in [1.82, 2.24) is 0 Å². The number of hydrogen-bond acceptors (Lipinski definition) is 3. The minimum atomic E-state index is 0.823. The Morgan fingerprint density at radius 3 is 1.81 bits per heavy atom. The molecule has 0 bridgehead atoms. The van der Waals surface area contributed by atoms with Gasteiger partial charge in [-0.3, -0.25) is 0 Å². The molecule has 0 aromatic heterocycles. The highest BCUT2D eigenvalue weighted by atomic mass is 15.5. The summed E-state index contributed by atoms with van der Waals surface area (Å²) in [5.74, 6) is 0. The second kappa shape index (κ2) is 8.67. The van der Waals surface area contributed by atoms with Gasteiger partial charge < -0.3 is 4.90 Å². The highest BCUT2D eigenvalue weighted by Gasteiger charge is 2.06. The van der Waals surface area contributed by atoms with E-state index in [1.165, 1.54) is 0 Å². The van der Waals surface area contributed by atoms with Gasteiger partial charge in [0.05, 0.1) is 17.6 Å². The van der Waals surface area contributed by atoms with Crippen LogP contribution in [-0.4, -0.2) is 19.8 Å². The molecule has 0 N–H and O–H groups in total. The van der Waals surface area contributed by atoms with Gasteiger partial charge in [0.25, 0.3) is 0 Å². The Bertz CT molecular complexity index is 800. The van der Waals surface area contributed by atoms with E-state index < -0.39 is 0 Å². The van der Waals surface area contributed by atoms with Gasteiger partial charge in [-0.15, -0.1) is 6.58 Å². The molecule has 26 heavy (non-hydrogen) atoms. The zero-order valence-corrected chi connectivity index (χ0v) is 15.0. The number of likely N-dealkylation sites (N-methyl/N-ethyl adjacent to an activating group) is 1. The summed E-state index contributed by atoms with van der Waals surface area (Å²) in [6.45, 7) is 4.60. The van der Waals surface area contributed by atoms with Gasteiger partial charge in [0.1, 0.15) is 0 Å². The molecule has 3 aromatic rings. The molecule has 3 heteroatoms. The van der Waals surface area contributed by atoms with Crippen LogP contribution in [0.3, 0.4) is 0 Å². The lowest BCUT2D eigenvalue weighted by atomic mass is 10.2. The first-order valence-electron chi connectivity index (χ1n) is 8.64. The Hall–Kier alpha value is -3.33. The standard InChI is InChI=1S/C23H23N3/c1-3-18-25(2)21-16-14-20(15-17-21)19-24-26(22-10-6-4-7-11-22)23-12-8-5-9-13-23/h3-17,19H,1,18H2,2H3. The molecule has 0 spiro atoms. The van der Waals surface area contributed by atoms with Crippen LogP contribution in [0.15, 0.2) is 103 Å². The van der Waals surface area contributed by atoms with Gasteiger partial charge in [-0.1, -0.05) is 54.6 Å². The number of hydrogen-bond donors (Lipinski definition) is 0. The zero-order chi connectivity index (χ0) is 18.2. The predicted molar refractivity (Wildman–Crippen MR) is 113 cm³/mol. The Kier molecular flexibility index (Phi) is 5.84. The van der Waals surface area contributed by atoms with E-state index in [0.29, 0.717) is 0 Å². The van der Waals surface area contributed by atoms with Crippen molar-refractivity contribution in [2.45, 2.75) is 0 Å². The summed E-state index contributed by atoms with van der Waals surface area (Å²) in [6, 6.07) is 28.7. The van der Waals surface area contributed by atoms with Gasteiger partial charge in [0, 0.05) is 19.3 Å². The fourth-order valence-corrected chi connectivity index (χ4v) is 2.66. The van der Waals surface area contributed by atoms with Crippen molar-refractivity contribution in [3.05, 3.63) is 103 Å². The van der Waals surface area contributed by atoms with Crippen molar-refractivity contribution in [1.29, 1.82) is 0 Å². The Morgan fingerprint density at radius 1 is 0.769 bits per heavy atom. The van der Waals surface area contributed by atoms with Gasteiger partial charge in [0.2, 0.25) is 0 Å². The highest BCUT2D eigenvalue weighted by molar-refractivity contribution is 5.82. The maximum atomic E-state index is 4.72. The molecule has 3 rings (SSSR count). The molecule has 0 heterocycles. The van der Waals surface area contributed by atoms with Gasteiger partial charge in [-0.2, -0.15) is 5.10 Å². The largest absolute Gasteiger partial charge is 0.371 e. The molecular formula is C23H23N3. The van der Waals surface area contributed by atoms with E-state index in [-0.39, 0.29) is 0 Å². The molecule has 0 saturated carbocycles. The van der Waals surface area contributed by atoms with Crippen molar-refractivity contribution in [3.8, 4) is 0 Å². The molecule has 0 aliphatic heterocycles. The zero-order valence-electron chi connectivity index (χ0n) is 15.0. The first-order chi connectivity index (χ1) is 12.8. The van der Waals surface area contributed by atoms with E-state index in [1.54, 1.807) is 0 Å². The quantitative estimate of drug-likeness (QED) is 0.322. The molecule has 0 amide bonds. The lowest BCUT2D eigenvalue weighted by molar-refractivity contribution is 1.03. The topological polar surface area (TPSA) is 18.8 Å². The van der Waals surface area contributed by atoms with Crippen LogP contribution in [0.1, 0.15) is 5.56 Å². The first-order valence-corrected chi connectivity index (χ1v) is 8.64. The smallest absolute Gasteiger partial charge is 0.0652 e. The summed E-state index contributed by atoms with van der Waals surface area (Å²) >= 11 is 0. The molecule has 0 atom stereocenters.